The van der Waals surface area contributed by atoms with Gasteiger partial charge in [0, 0.05) is 18.7 Å². The third-order valence-electron chi connectivity index (χ3n) is 5.10. The van der Waals surface area contributed by atoms with Crippen molar-refractivity contribution in [2.24, 2.45) is 0 Å². The van der Waals surface area contributed by atoms with E-state index in [4.69, 9.17) is 0 Å². The van der Waals surface area contributed by atoms with Gasteiger partial charge < -0.3 is 0 Å². The smallest absolute Gasteiger partial charge is 0.173 e. The number of benzene rings is 2. The molecule has 5 nitrogen and oxygen atoms in total. The van der Waals surface area contributed by atoms with Crippen LogP contribution in [0.15, 0.2) is 48.5 Å². The number of hydrogen-bond acceptors (Lipinski definition) is 4. The van der Waals surface area contributed by atoms with Gasteiger partial charge in [-0.05, 0) is 54.8 Å². The third kappa shape index (κ3) is 3.37. The minimum absolute atomic E-state index is 0.232. The van der Waals surface area contributed by atoms with E-state index in [2.05, 4.69) is 65.5 Å². The zero-order valence-electron chi connectivity index (χ0n) is 15.9. The van der Waals surface area contributed by atoms with Crippen LogP contribution in [0.4, 0.5) is 4.39 Å². The molecule has 1 atom stereocenters. The highest BCUT2D eigenvalue weighted by atomic mass is 19.1. The Morgan fingerprint density at radius 1 is 1.00 bits per heavy atom. The Kier molecular flexibility index (Phi) is 4.52. The first-order valence-corrected chi connectivity index (χ1v) is 9.29. The van der Waals surface area contributed by atoms with Gasteiger partial charge in [0.25, 0.3) is 0 Å². The topological polar surface area (TPSA) is 46.8 Å². The molecule has 27 heavy (non-hydrogen) atoms. The molecule has 0 aliphatic carbocycles. The highest BCUT2D eigenvalue weighted by Gasteiger charge is 2.34. The lowest BCUT2D eigenvalue weighted by Crippen LogP contribution is -2.38. The first kappa shape index (κ1) is 17.8. The first-order valence-electron chi connectivity index (χ1n) is 9.29. The summed E-state index contributed by atoms with van der Waals surface area (Å²) in [6.45, 7) is 7.73. The fourth-order valence-electron chi connectivity index (χ4n) is 3.78. The van der Waals surface area contributed by atoms with Crippen molar-refractivity contribution in [2.45, 2.75) is 45.3 Å². The molecule has 0 saturated carbocycles. The fraction of sp³-hybridized carbons (Fsp3) is 0.381. The molecule has 2 heterocycles. The lowest BCUT2D eigenvalue weighted by Gasteiger charge is -2.36. The molecule has 4 rings (SSSR count). The molecule has 1 aromatic heterocycles. The van der Waals surface area contributed by atoms with Crippen molar-refractivity contribution in [1.29, 1.82) is 0 Å². The molecule has 140 valence electrons. The van der Waals surface area contributed by atoms with Crippen molar-refractivity contribution in [3.63, 3.8) is 0 Å². The van der Waals surface area contributed by atoms with Crippen LogP contribution in [-0.2, 0) is 18.5 Å². The van der Waals surface area contributed by atoms with Crippen LogP contribution in [0.3, 0.4) is 0 Å². The normalized spacial score (nSPS) is 16.1. The van der Waals surface area contributed by atoms with E-state index in [1.807, 2.05) is 16.8 Å². The van der Waals surface area contributed by atoms with Crippen LogP contribution < -0.4 is 0 Å². The predicted molar refractivity (Wildman–Crippen MR) is 102 cm³/mol. The number of nitrogens with zero attached hydrogens (tertiary/aromatic N) is 5. The zero-order chi connectivity index (χ0) is 19.0. The van der Waals surface area contributed by atoms with Crippen molar-refractivity contribution < 1.29 is 4.39 Å². The van der Waals surface area contributed by atoms with E-state index in [0.717, 1.165) is 19.5 Å². The lowest BCUT2D eigenvalue weighted by atomic mass is 9.95. The second-order valence-electron chi connectivity index (χ2n) is 8.03. The Morgan fingerprint density at radius 3 is 2.44 bits per heavy atom. The maximum absolute atomic E-state index is 14.8. The van der Waals surface area contributed by atoms with Crippen molar-refractivity contribution in [1.82, 2.24) is 25.1 Å². The van der Waals surface area contributed by atoms with Crippen LogP contribution in [-0.4, -0.2) is 31.7 Å². The fourth-order valence-corrected chi connectivity index (χ4v) is 3.78. The van der Waals surface area contributed by atoms with Gasteiger partial charge in [0.1, 0.15) is 11.9 Å². The van der Waals surface area contributed by atoms with Gasteiger partial charge in [0.05, 0.1) is 5.54 Å². The largest absolute Gasteiger partial charge is 0.285 e. The lowest BCUT2D eigenvalue weighted by molar-refractivity contribution is 0.182. The van der Waals surface area contributed by atoms with Crippen LogP contribution in [0, 0.1) is 5.82 Å². The van der Waals surface area contributed by atoms with Gasteiger partial charge in [0.15, 0.2) is 5.82 Å². The Hall–Kier alpha value is -2.60. The Labute approximate surface area is 158 Å². The number of rotatable bonds is 3. The highest BCUT2D eigenvalue weighted by Crippen LogP contribution is 2.34. The number of halogens is 1. The summed E-state index contributed by atoms with van der Waals surface area (Å²) in [5.41, 5.74) is 2.95. The molecule has 0 spiro atoms. The van der Waals surface area contributed by atoms with Crippen LogP contribution in [0.1, 0.15) is 49.3 Å². The van der Waals surface area contributed by atoms with E-state index in [1.54, 1.807) is 6.07 Å². The van der Waals surface area contributed by atoms with Gasteiger partial charge >= 0.3 is 0 Å². The van der Waals surface area contributed by atoms with Gasteiger partial charge in [-0.2, -0.15) is 0 Å². The number of aromatic nitrogens is 4. The van der Waals surface area contributed by atoms with Gasteiger partial charge in [-0.15, -0.1) is 5.10 Å². The highest BCUT2D eigenvalue weighted by molar-refractivity contribution is 5.32. The second-order valence-corrected chi connectivity index (χ2v) is 8.03. The molecule has 0 N–H and O–H groups in total. The summed E-state index contributed by atoms with van der Waals surface area (Å²) < 4.78 is 16.6. The molecule has 0 saturated heterocycles. The number of fused-ring (bicyclic) bond motifs is 1. The van der Waals surface area contributed by atoms with Crippen molar-refractivity contribution in [3.8, 4) is 0 Å². The summed E-state index contributed by atoms with van der Waals surface area (Å²) in [5.74, 6) is 0.441. The minimum Gasteiger partial charge on any atom is -0.285 e. The molecule has 6 heteroatoms. The van der Waals surface area contributed by atoms with E-state index in [-0.39, 0.29) is 17.4 Å². The standard InChI is InChI=1S/C21H24FN5/c1-21(2,3)27-20(23-24-25-27)19(17-10-6-7-11-18(17)22)26-13-12-15-8-4-5-9-16(15)14-26/h4-11,19H,12-14H2,1-3H3. The SMILES string of the molecule is CC(C)(C)n1nnnc1C(c1ccccc1F)N1CCc2ccccc2C1. The zero-order valence-corrected chi connectivity index (χ0v) is 15.9. The summed E-state index contributed by atoms with van der Waals surface area (Å²) in [6, 6.07) is 15.0. The van der Waals surface area contributed by atoms with Crippen LogP contribution in [0.25, 0.3) is 0 Å². The van der Waals surface area contributed by atoms with E-state index in [9.17, 15) is 4.39 Å². The molecular formula is C21H24FN5. The van der Waals surface area contributed by atoms with E-state index < -0.39 is 0 Å². The van der Waals surface area contributed by atoms with Crippen LogP contribution in [0.2, 0.25) is 0 Å². The first-order chi connectivity index (χ1) is 12.9. The molecule has 0 radical (unpaired) electrons. The summed E-state index contributed by atoms with van der Waals surface area (Å²) >= 11 is 0. The molecule has 1 aliphatic rings. The third-order valence-corrected chi connectivity index (χ3v) is 5.10. The van der Waals surface area contributed by atoms with Crippen LogP contribution in [0.5, 0.6) is 0 Å². The Morgan fingerprint density at radius 2 is 1.70 bits per heavy atom. The summed E-state index contributed by atoms with van der Waals surface area (Å²) in [6.07, 6.45) is 0.929. The molecule has 0 fully saturated rings. The minimum atomic E-state index is -0.339. The molecule has 2 aromatic carbocycles. The molecule has 0 amide bonds. The van der Waals surface area contributed by atoms with E-state index in [1.165, 1.54) is 17.2 Å². The van der Waals surface area contributed by atoms with Crippen molar-refractivity contribution >= 4 is 0 Å². The van der Waals surface area contributed by atoms with Gasteiger partial charge in [0.2, 0.25) is 0 Å². The Balaban J connectivity index is 1.82. The molecular weight excluding hydrogens is 341 g/mol. The molecule has 3 aromatic rings. The van der Waals surface area contributed by atoms with Gasteiger partial charge in [-0.3, -0.25) is 4.90 Å². The maximum Gasteiger partial charge on any atom is 0.173 e. The quantitative estimate of drug-likeness (QED) is 0.710. The Bertz CT molecular complexity index is 943. The maximum atomic E-state index is 14.8. The predicted octanol–water partition coefficient (Wildman–Crippen LogP) is 3.71. The molecule has 1 unspecified atom stereocenters. The monoisotopic (exact) mass is 365 g/mol. The average molecular weight is 365 g/mol. The van der Waals surface area contributed by atoms with Crippen LogP contribution >= 0.6 is 0 Å². The summed E-state index contributed by atoms with van der Waals surface area (Å²) in [7, 11) is 0. The second kappa shape index (κ2) is 6.85. The summed E-state index contributed by atoms with van der Waals surface area (Å²) in [5, 5.41) is 12.5. The summed E-state index contributed by atoms with van der Waals surface area (Å²) in [4.78, 5) is 2.27. The van der Waals surface area contributed by atoms with E-state index >= 15 is 0 Å². The van der Waals surface area contributed by atoms with Gasteiger partial charge in [-0.1, -0.05) is 42.5 Å². The molecule has 1 aliphatic heterocycles. The van der Waals surface area contributed by atoms with Gasteiger partial charge in [-0.25, -0.2) is 9.07 Å². The number of hydrogen-bond donors (Lipinski definition) is 0. The van der Waals surface area contributed by atoms with E-state index in [0.29, 0.717) is 11.4 Å². The van der Waals surface area contributed by atoms with Crippen molar-refractivity contribution in [3.05, 3.63) is 76.9 Å². The average Bonchev–Trinajstić information content (AvgIpc) is 3.13. The van der Waals surface area contributed by atoms with Crippen molar-refractivity contribution in [2.75, 3.05) is 6.54 Å². The molecule has 0 bridgehead atoms. The number of tetrazole rings is 1.